The Balaban J connectivity index is 2.96. The van der Waals surface area contributed by atoms with E-state index in [1.165, 1.54) is 12.1 Å². The van der Waals surface area contributed by atoms with Gasteiger partial charge in [-0.15, -0.1) is 12.8 Å². The van der Waals surface area contributed by atoms with E-state index in [1.54, 1.807) is 38.1 Å². The third-order valence-corrected chi connectivity index (χ3v) is 4.15. The third kappa shape index (κ3) is 2.98. The average molecular weight is 332 g/mol. The minimum Gasteiger partial charge on any atom is -0.478 e. The summed E-state index contributed by atoms with van der Waals surface area (Å²) in [4.78, 5) is 23.4. The molecule has 0 aliphatic heterocycles. The maximum atomic E-state index is 11.7. The first-order valence-corrected chi connectivity index (χ1v) is 7.42. The lowest BCUT2D eigenvalue weighted by Crippen LogP contribution is -2.28. The molecule has 0 saturated heterocycles. The highest BCUT2D eigenvalue weighted by molar-refractivity contribution is 5.93. The number of hydrogen-bond acceptors (Lipinski definition) is 2. The summed E-state index contributed by atoms with van der Waals surface area (Å²) in [5.41, 5.74) is 0.478. The van der Waals surface area contributed by atoms with Crippen LogP contribution >= 0.6 is 0 Å². The Hall–Kier alpha value is -3.50. The van der Waals surface area contributed by atoms with E-state index < -0.39 is 17.4 Å². The molecular formula is C21H16O4. The van der Waals surface area contributed by atoms with Crippen molar-refractivity contribution < 1.29 is 19.8 Å². The zero-order chi connectivity index (χ0) is 18.8. The zero-order valence-electron chi connectivity index (χ0n) is 13.8. The highest BCUT2D eigenvalue weighted by atomic mass is 16.4. The van der Waals surface area contributed by atoms with Gasteiger partial charge >= 0.3 is 11.9 Å². The molecule has 4 nitrogen and oxygen atoms in total. The number of carboxylic acid groups (broad SMARTS) is 2. The Kier molecular flexibility index (Phi) is 4.68. The molecule has 2 rings (SSSR count). The standard InChI is InChI=1S/C21H16O4/c1-5-13-9-7-11-15(19(22)23)17(13)21(3,4)18-14(6-2)10-8-12-16(18)20(24)25/h1-2,7-12H,3-4H3,(H,22,23)(H,24,25). The van der Waals surface area contributed by atoms with Gasteiger partial charge in [-0.05, 0) is 35.4 Å². The summed E-state index contributed by atoms with van der Waals surface area (Å²) in [5.74, 6) is 2.69. The van der Waals surface area contributed by atoms with E-state index in [4.69, 9.17) is 12.8 Å². The van der Waals surface area contributed by atoms with E-state index in [0.29, 0.717) is 22.3 Å². The van der Waals surface area contributed by atoms with Gasteiger partial charge in [0, 0.05) is 16.5 Å². The van der Waals surface area contributed by atoms with E-state index in [1.807, 2.05) is 0 Å². The van der Waals surface area contributed by atoms with Gasteiger partial charge in [0.25, 0.3) is 0 Å². The Bertz CT molecular complexity index is 875. The van der Waals surface area contributed by atoms with Gasteiger partial charge in [-0.2, -0.15) is 0 Å². The van der Waals surface area contributed by atoms with Gasteiger partial charge in [0.15, 0.2) is 0 Å². The topological polar surface area (TPSA) is 74.6 Å². The van der Waals surface area contributed by atoms with Crippen LogP contribution in [0.3, 0.4) is 0 Å². The summed E-state index contributed by atoms with van der Waals surface area (Å²) in [6, 6.07) is 9.26. The number of terminal acetylenes is 2. The van der Waals surface area contributed by atoms with Crippen LogP contribution < -0.4 is 0 Å². The molecule has 0 heterocycles. The molecule has 2 aromatic carbocycles. The van der Waals surface area contributed by atoms with Crippen molar-refractivity contribution in [1.29, 1.82) is 0 Å². The van der Waals surface area contributed by atoms with Crippen molar-refractivity contribution in [3.63, 3.8) is 0 Å². The van der Waals surface area contributed by atoms with Crippen LogP contribution in [0.15, 0.2) is 36.4 Å². The van der Waals surface area contributed by atoms with Crippen molar-refractivity contribution in [3.8, 4) is 24.7 Å². The first-order valence-electron chi connectivity index (χ1n) is 7.42. The fourth-order valence-corrected chi connectivity index (χ4v) is 3.17. The van der Waals surface area contributed by atoms with Gasteiger partial charge in [-0.1, -0.05) is 37.8 Å². The maximum Gasteiger partial charge on any atom is 0.336 e. The van der Waals surface area contributed by atoms with Crippen LogP contribution in [0.2, 0.25) is 0 Å². The molecule has 0 unspecified atom stereocenters. The van der Waals surface area contributed by atoms with E-state index in [0.717, 1.165) is 0 Å². The molecule has 0 aliphatic carbocycles. The first kappa shape index (κ1) is 17.8. The van der Waals surface area contributed by atoms with Crippen LogP contribution in [0.25, 0.3) is 0 Å². The molecule has 0 spiro atoms. The lowest BCUT2D eigenvalue weighted by molar-refractivity contribution is 0.0686. The minimum absolute atomic E-state index is 0.0172. The van der Waals surface area contributed by atoms with E-state index in [2.05, 4.69) is 11.8 Å². The molecule has 0 bridgehead atoms. The van der Waals surface area contributed by atoms with E-state index in [9.17, 15) is 19.8 Å². The second-order valence-electron chi connectivity index (χ2n) is 5.98. The Morgan fingerprint density at radius 3 is 1.48 bits per heavy atom. The zero-order valence-corrected chi connectivity index (χ0v) is 13.8. The van der Waals surface area contributed by atoms with Crippen molar-refractivity contribution in [2.45, 2.75) is 19.3 Å². The lowest BCUT2D eigenvalue weighted by Gasteiger charge is -2.31. The molecule has 0 aromatic heterocycles. The van der Waals surface area contributed by atoms with Crippen LogP contribution in [0.5, 0.6) is 0 Å². The van der Waals surface area contributed by atoms with Gasteiger partial charge in [0.05, 0.1) is 11.1 Å². The Morgan fingerprint density at radius 2 is 1.20 bits per heavy atom. The highest BCUT2D eigenvalue weighted by Crippen LogP contribution is 2.39. The number of rotatable bonds is 4. The molecule has 124 valence electrons. The SMILES string of the molecule is C#Cc1cccc(C(=O)O)c1C(C)(C)c1c(C#C)cccc1C(=O)O. The van der Waals surface area contributed by atoms with Crippen LogP contribution in [0.4, 0.5) is 0 Å². The van der Waals surface area contributed by atoms with Crippen molar-refractivity contribution >= 4 is 11.9 Å². The number of carbonyl (C=O) groups is 2. The molecule has 0 amide bonds. The van der Waals surface area contributed by atoms with E-state index >= 15 is 0 Å². The fraction of sp³-hybridized carbons (Fsp3) is 0.143. The number of carboxylic acids is 2. The largest absolute Gasteiger partial charge is 0.478 e. The molecule has 25 heavy (non-hydrogen) atoms. The van der Waals surface area contributed by atoms with Crippen LogP contribution in [0, 0.1) is 24.7 Å². The van der Waals surface area contributed by atoms with Gasteiger partial charge in [0.2, 0.25) is 0 Å². The van der Waals surface area contributed by atoms with Crippen molar-refractivity contribution in [3.05, 3.63) is 69.8 Å². The third-order valence-electron chi connectivity index (χ3n) is 4.15. The normalized spacial score (nSPS) is 10.6. The lowest BCUT2D eigenvalue weighted by atomic mass is 9.70. The fourth-order valence-electron chi connectivity index (χ4n) is 3.17. The van der Waals surface area contributed by atoms with Gasteiger partial charge in [0.1, 0.15) is 0 Å². The summed E-state index contributed by atoms with van der Waals surface area (Å²) in [6.45, 7) is 3.44. The molecule has 0 atom stereocenters. The van der Waals surface area contributed by atoms with Gasteiger partial charge < -0.3 is 10.2 Å². The summed E-state index contributed by atoms with van der Waals surface area (Å²) >= 11 is 0. The van der Waals surface area contributed by atoms with Crippen LogP contribution in [-0.4, -0.2) is 22.2 Å². The smallest absolute Gasteiger partial charge is 0.336 e. The number of hydrogen-bond donors (Lipinski definition) is 2. The number of benzene rings is 2. The average Bonchev–Trinajstić information content (AvgIpc) is 2.59. The quantitative estimate of drug-likeness (QED) is 0.842. The number of aromatic carboxylic acids is 2. The maximum absolute atomic E-state index is 11.7. The molecule has 2 N–H and O–H groups in total. The second kappa shape index (κ2) is 6.55. The Labute approximate surface area is 146 Å². The highest BCUT2D eigenvalue weighted by Gasteiger charge is 2.35. The van der Waals surface area contributed by atoms with Gasteiger partial charge in [-0.25, -0.2) is 9.59 Å². The minimum atomic E-state index is -1.14. The van der Waals surface area contributed by atoms with Crippen LogP contribution in [0.1, 0.15) is 56.8 Å². The first-order chi connectivity index (χ1) is 11.8. The molecule has 0 fully saturated rings. The monoisotopic (exact) mass is 332 g/mol. The van der Waals surface area contributed by atoms with Crippen LogP contribution in [-0.2, 0) is 5.41 Å². The molecule has 4 heteroatoms. The van der Waals surface area contributed by atoms with Crippen molar-refractivity contribution in [1.82, 2.24) is 0 Å². The molecule has 2 aromatic rings. The van der Waals surface area contributed by atoms with Crippen molar-refractivity contribution in [2.24, 2.45) is 0 Å². The molecule has 0 saturated carbocycles. The Morgan fingerprint density at radius 1 is 0.840 bits per heavy atom. The molecule has 0 aliphatic rings. The summed E-state index contributed by atoms with van der Waals surface area (Å²) < 4.78 is 0. The predicted molar refractivity (Wildman–Crippen MR) is 94.8 cm³/mol. The summed E-state index contributed by atoms with van der Waals surface area (Å²) in [6.07, 6.45) is 11.1. The van der Waals surface area contributed by atoms with E-state index in [-0.39, 0.29) is 11.1 Å². The van der Waals surface area contributed by atoms with Gasteiger partial charge in [-0.3, -0.25) is 0 Å². The predicted octanol–water partition coefficient (Wildman–Crippen LogP) is 3.37. The molecule has 0 radical (unpaired) electrons. The summed E-state index contributed by atoms with van der Waals surface area (Å²) in [7, 11) is 0. The van der Waals surface area contributed by atoms with Crippen molar-refractivity contribution in [2.75, 3.05) is 0 Å². The summed E-state index contributed by atoms with van der Waals surface area (Å²) in [5, 5.41) is 19.2. The second-order valence-corrected chi connectivity index (χ2v) is 5.98. The molecular weight excluding hydrogens is 316 g/mol.